The van der Waals surface area contributed by atoms with E-state index >= 15 is 0 Å². The van der Waals surface area contributed by atoms with Gasteiger partial charge in [-0.1, -0.05) is 0 Å². The smallest absolute Gasteiger partial charge is 0.224 e. The Morgan fingerprint density at radius 2 is 2.00 bits per heavy atom. The van der Waals surface area contributed by atoms with Crippen LogP contribution in [0.3, 0.4) is 0 Å². The number of aromatic nitrogens is 4. The van der Waals surface area contributed by atoms with Crippen LogP contribution < -0.4 is 26.1 Å². The zero-order valence-corrected chi connectivity index (χ0v) is 10.6. The fourth-order valence-electron chi connectivity index (χ4n) is 1.49. The third kappa shape index (κ3) is 3.46. The largest absolute Gasteiger partial charge is 0.686 e. The normalized spacial score (nSPS) is 12.2. The number of anilines is 2. The van der Waals surface area contributed by atoms with Crippen LogP contribution in [0.5, 0.6) is 0 Å². The molecule has 2 aromatic rings. The molecule has 0 atom stereocenters. The van der Waals surface area contributed by atoms with Gasteiger partial charge in [-0.05, 0) is 0 Å². The highest BCUT2D eigenvalue weighted by molar-refractivity contribution is 7.53. The summed E-state index contributed by atoms with van der Waals surface area (Å²) in [5, 5.41) is 0. The minimum atomic E-state index is -4.65. The van der Waals surface area contributed by atoms with Crippen molar-refractivity contribution in [3.8, 4) is 0 Å². The van der Waals surface area contributed by atoms with Crippen molar-refractivity contribution in [2.45, 2.75) is 6.54 Å². The number of nitrogens with zero attached hydrogens (tertiary/aromatic N) is 4. The Hall–Kier alpha value is -1.58. The Labute approximate surface area is 108 Å². The number of nitrogen functional groups attached to an aromatic ring is 2. The zero-order chi connectivity index (χ0) is 14.0. The fraction of sp³-hybridized carbons (Fsp3) is 0.375. The van der Waals surface area contributed by atoms with Crippen LogP contribution in [0.4, 0.5) is 11.8 Å². The Morgan fingerprint density at radius 1 is 1.26 bits per heavy atom. The lowest BCUT2D eigenvalue weighted by molar-refractivity contribution is -0.431. The molecule has 0 bridgehead atoms. The molecule has 2 rings (SSSR count). The molecule has 0 aliphatic heterocycles. The highest BCUT2D eigenvalue weighted by Gasteiger charge is 2.09. The Bertz CT molecular complexity index is 582. The van der Waals surface area contributed by atoms with E-state index in [1.54, 1.807) is 4.57 Å². The standard InChI is InChI=1S/C8H13N6O4P/c9-6-5-7(13-8(10)12-6)14(3-11-5)1-2-18-4-19(15,16)17/h3H,1-2,4H2,(H2,15,16,17)(H4,9,10,12,13)/p-2. The lowest BCUT2D eigenvalue weighted by Crippen LogP contribution is -2.35. The summed E-state index contributed by atoms with van der Waals surface area (Å²) >= 11 is 0. The van der Waals surface area contributed by atoms with E-state index in [-0.39, 0.29) is 24.9 Å². The SMILES string of the molecule is Nc1nc(N)c2ncn(CCOC[P+]([O-])([O-])[O-])c2n1. The maximum Gasteiger partial charge on any atom is 0.224 e. The third-order valence-corrected chi connectivity index (χ3v) is 2.73. The van der Waals surface area contributed by atoms with E-state index in [1.807, 2.05) is 0 Å². The van der Waals surface area contributed by atoms with Crippen molar-refractivity contribution in [3.05, 3.63) is 6.33 Å². The molecule has 2 heterocycles. The number of ether oxygens (including phenoxy) is 1. The quantitative estimate of drug-likeness (QED) is 0.423. The molecule has 0 aromatic carbocycles. The zero-order valence-electron chi connectivity index (χ0n) is 9.72. The van der Waals surface area contributed by atoms with Crippen molar-refractivity contribution >= 4 is 30.9 Å². The molecule has 2 aromatic heterocycles. The monoisotopic (exact) mass is 286 g/mol. The number of nitrogens with two attached hydrogens (primary N) is 2. The summed E-state index contributed by atoms with van der Waals surface area (Å²) in [5.41, 5.74) is 11.9. The first kappa shape index (κ1) is 13.8. The van der Waals surface area contributed by atoms with Gasteiger partial charge in [0.2, 0.25) is 5.95 Å². The van der Waals surface area contributed by atoms with E-state index < -0.39 is 14.3 Å². The van der Waals surface area contributed by atoms with E-state index in [4.69, 9.17) is 16.2 Å². The van der Waals surface area contributed by atoms with Gasteiger partial charge >= 0.3 is 0 Å². The molecule has 0 fully saturated rings. The number of rotatable bonds is 5. The molecule has 0 radical (unpaired) electrons. The molecule has 10 nitrogen and oxygen atoms in total. The summed E-state index contributed by atoms with van der Waals surface area (Å²) in [6.45, 7) is 0.274. The summed E-state index contributed by atoms with van der Waals surface area (Å²) in [7, 11) is -4.65. The van der Waals surface area contributed by atoms with Crippen molar-refractivity contribution in [2.75, 3.05) is 24.4 Å². The van der Waals surface area contributed by atoms with Gasteiger partial charge in [0.05, 0.1) is 12.9 Å². The molecule has 19 heavy (non-hydrogen) atoms. The Balaban J connectivity index is 2.05. The van der Waals surface area contributed by atoms with E-state index in [9.17, 15) is 14.7 Å². The third-order valence-electron chi connectivity index (χ3n) is 2.23. The van der Waals surface area contributed by atoms with Gasteiger partial charge in [0.1, 0.15) is 11.9 Å². The number of imidazole rings is 1. The van der Waals surface area contributed by atoms with Crippen LogP contribution in [0.2, 0.25) is 0 Å². The van der Waals surface area contributed by atoms with E-state index in [1.165, 1.54) is 6.33 Å². The Morgan fingerprint density at radius 3 is 2.68 bits per heavy atom. The first-order chi connectivity index (χ1) is 8.87. The summed E-state index contributed by atoms with van der Waals surface area (Å²) in [5.74, 6) is 0.169. The lowest BCUT2D eigenvalue weighted by atomic mass is 10.5. The lowest BCUT2D eigenvalue weighted by Gasteiger charge is -2.40. The van der Waals surface area contributed by atoms with Crippen molar-refractivity contribution in [1.82, 2.24) is 19.5 Å². The molecule has 104 valence electrons. The van der Waals surface area contributed by atoms with Gasteiger partial charge in [0, 0.05) is 6.54 Å². The van der Waals surface area contributed by atoms with Crippen molar-refractivity contribution < 1.29 is 19.4 Å². The average Bonchev–Trinajstić information content (AvgIpc) is 2.66. The highest BCUT2D eigenvalue weighted by atomic mass is 31.2. The molecular formula is C8H11N6O4P-2. The van der Waals surface area contributed by atoms with Gasteiger partial charge in [-0.15, -0.1) is 7.94 Å². The number of hydrogen-bond acceptors (Lipinski definition) is 9. The second kappa shape index (κ2) is 5.19. The summed E-state index contributed by atoms with van der Waals surface area (Å²) in [4.78, 5) is 42.9. The van der Waals surface area contributed by atoms with Crippen molar-refractivity contribution in [2.24, 2.45) is 0 Å². The van der Waals surface area contributed by atoms with Gasteiger partial charge in [-0.25, -0.2) is 4.98 Å². The van der Waals surface area contributed by atoms with Gasteiger partial charge < -0.3 is 35.5 Å². The van der Waals surface area contributed by atoms with Crippen LogP contribution in [0.15, 0.2) is 6.33 Å². The molecule has 0 saturated carbocycles. The number of hydrogen-bond donors (Lipinski definition) is 2. The molecule has 0 amide bonds. The molecule has 0 spiro atoms. The predicted octanol–water partition coefficient (Wildman–Crippen LogP) is -3.19. The molecule has 0 aliphatic rings. The van der Waals surface area contributed by atoms with Gasteiger partial charge in [0.15, 0.2) is 11.5 Å². The maximum atomic E-state index is 10.4. The van der Waals surface area contributed by atoms with Crippen LogP contribution in [-0.2, 0) is 11.3 Å². The second-order valence-electron chi connectivity index (χ2n) is 3.73. The molecular weight excluding hydrogens is 275 g/mol. The van der Waals surface area contributed by atoms with E-state index in [0.29, 0.717) is 11.2 Å². The Kier molecular flexibility index (Phi) is 3.78. The van der Waals surface area contributed by atoms with Crippen molar-refractivity contribution in [1.29, 1.82) is 0 Å². The minimum Gasteiger partial charge on any atom is -0.686 e. The topological polar surface area (TPSA) is 174 Å². The number of fused-ring (bicyclic) bond motifs is 1. The van der Waals surface area contributed by atoms with Gasteiger partial charge in [-0.3, -0.25) is 0 Å². The van der Waals surface area contributed by atoms with Crippen molar-refractivity contribution in [3.63, 3.8) is 0 Å². The fourth-order valence-corrected chi connectivity index (χ4v) is 1.84. The summed E-state index contributed by atoms with van der Waals surface area (Å²) < 4.78 is 6.31. The summed E-state index contributed by atoms with van der Waals surface area (Å²) in [6.07, 6.45) is 0.603. The van der Waals surface area contributed by atoms with Gasteiger partial charge in [0.25, 0.3) is 0 Å². The molecule has 0 unspecified atom stereocenters. The highest BCUT2D eigenvalue weighted by Crippen LogP contribution is 2.26. The average molecular weight is 286 g/mol. The summed E-state index contributed by atoms with van der Waals surface area (Å²) in [6, 6.07) is 0. The second-order valence-corrected chi connectivity index (χ2v) is 5.21. The maximum absolute atomic E-state index is 10.4. The van der Waals surface area contributed by atoms with Crippen LogP contribution in [-0.4, -0.2) is 32.5 Å². The predicted molar refractivity (Wildman–Crippen MR) is 61.9 cm³/mol. The van der Waals surface area contributed by atoms with Crippen LogP contribution >= 0.6 is 7.94 Å². The minimum absolute atomic E-state index is 0.0104. The first-order valence-electron chi connectivity index (χ1n) is 5.19. The van der Waals surface area contributed by atoms with Crippen LogP contribution in [0.25, 0.3) is 11.2 Å². The van der Waals surface area contributed by atoms with E-state index in [0.717, 1.165) is 0 Å². The molecule has 0 aliphatic carbocycles. The molecule has 11 heteroatoms. The molecule has 4 N–H and O–H groups in total. The van der Waals surface area contributed by atoms with E-state index in [2.05, 4.69) is 15.0 Å². The first-order valence-corrected chi connectivity index (χ1v) is 6.92. The van der Waals surface area contributed by atoms with Gasteiger partial charge in [-0.2, -0.15) is 9.97 Å². The van der Waals surface area contributed by atoms with Crippen LogP contribution in [0, 0.1) is 0 Å². The molecule has 0 saturated heterocycles. The van der Waals surface area contributed by atoms with Crippen LogP contribution in [0.1, 0.15) is 0 Å².